The van der Waals surface area contributed by atoms with Crippen LogP contribution >= 0.6 is 0 Å². The molecule has 0 spiro atoms. The number of fused-ring (bicyclic) bond motifs is 3. The van der Waals surface area contributed by atoms with E-state index in [1.165, 1.54) is 11.3 Å². The summed E-state index contributed by atoms with van der Waals surface area (Å²) in [5, 5.41) is 3.49. The number of nitrogens with one attached hydrogen (secondary N) is 1. The molecule has 3 nitrogen and oxygen atoms in total. The summed E-state index contributed by atoms with van der Waals surface area (Å²) in [6.07, 6.45) is 5.71. The first kappa shape index (κ1) is 13.2. The van der Waals surface area contributed by atoms with Crippen LogP contribution in [0.1, 0.15) is 42.1 Å². The molecule has 1 aliphatic carbocycles. The molecule has 0 saturated carbocycles. The van der Waals surface area contributed by atoms with Crippen molar-refractivity contribution in [2.45, 2.75) is 26.2 Å². The summed E-state index contributed by atoms with van der Waals surface area (Å²) in [6.45, 7) is 6.61. The van der Waals surface area contributed by atoms with Crippen molar-refractivity contribution in [2.24, 2.45) is 5.92 Å². The van der Waals surface area contributed by atoms with Gasteiger partial charge in [0.2, 0.25) is 0 Å². The average molecular weight is 270 g/mol. The van der Waals surface area contributed by atoms with Crippen molar-refractivity contribution < 1.29 is 4.79 Å². The van der Waals surface area contributed by atoms with E-state index in [0.717, 1.165) is 31.6 Å². The van der Waals surface area contributed by atoms with Gasteiger partial charge in [-0.25, -0.2) is 0 Å². The molecule has 1 heterocycles. The predicted molar refractivity (Wildman–Crippen MR) is 82.2 cm³/mol. The zero-order chi connectivity index (χ0) is 14.1. The van der Waals surface area contributed by atoms with E-state index in [1.54, 1.807) is 0 Å². The molecule has 1 amide bonds. The molecule has 0 radical (unpaired) electrons. The van der Waals surface area contributed by atoms with Gasteiger partial charge in [0.1, 0.15) is 0 Å². The van der Waals surface area contributed by atoms with Crippen LogP contribution in [-0.2, 0) is 0 Å². The Morgan fingerprint density at radius 3 is 2.90 bits per heavy atom. The van der Waals surface area contributed by atoms with Gasteiger partial charge in [0, 0.05) is 36.8 Å². The van der Waals surface area contributed by atoms with Crippen LogP contribution in [0.2, 0.25) is 0 Å². The van der Waals surface area contributed by atoms with Crippen LogP contribution in [-0.4, -0.2) is 30.4 Å². The third-order valence-electron chi connectivity index (χ3n) is 4.55. The van der Waals surface area contributed by atoms with Crippen LogP contribution < -0.4 is 5.32 Å². The largest absolute Gasteiger partial charge is 0.384 e. The van der Waals surface area contributed by atoms with E-state index < -0.39 is 0 Å². The molecule has 1 aliphatic heterocycles. The lowest BCUT2D eigenvalue weighted by Crippen LogP contribution is -2.31. The van der Waals surface area contributed by atoms with Crippen molar-refractivity contribution in [3.8, 4) is 0 Å². The lowest BCUT2D eigenvalue weighted by Gasteiger charge is -2.30. The Hall–Kier alpha value is -1.77. The van der Waals surface area contributed by atoms with Gasteiger partial charge >= 0.3 is 0 Å². The first-order valence-corrected chi connectivity index (χ1v) is 7.58. The predicted octanol–water partition coefficient (Wildman–Crippen LogP) is 3.25. The van der Waals surface area contributed by atoms with E-state index in [4.69, 9.17) is 0 Å². The zero-order valence-corrected chi connectivity index (χ0v) is 12.2. The Balaban J connectivity index is 1.94. The van der Waals surface area contributed by atoms with E-state index in [9.17, 15) is 4.79 Å². The third kappa shape index (κ3) is 2.11. The Bertz CT molecular complexity index is 546. The summed E-state index contributed by atoms with van der Waals surface area (Å²) in [4.78, 5) is 14.3. The molecule has 0 fully saturated rings. The summed E-state index contributed by atoms with van der Waals surface area (Å²) in [6, 6.07) is 6.11. The molecule has 3 rings (SSSR count). The maximum atomic E-state index is 12.5. The lowest BCUT2D eigenvalue weighted by molar-refractivity contribution is 0.0773. The fourth-order valence-electron chi connectivity index (χ4n) is 3.34. The smallest absolute Gasteiger partial charge is 0.253 e. The molecule has 106 valence electrons. The van der Waals surface area contributed by atoms with Gasteiger partial charge in [0.05, 0.1) is 0 Å². The normalized spacial score (nSPS) is 22.9. The second-order valence-corrected chi connectivity index (χ2v) is 5.61. The van der Waals surface area contributed by atoms with Gasteiger partial charge in [-0.1, -0.05) is 12.2 Å². The molecule has 1 aromatic rings. The van der Waals surface area contributed by atoms with Crippen LogP contribution in [0.5, 0.6) is 0 Å². The van der Waals surface area contributed by atoms with Gasteiger partial charge in [-0.15, -0.1) is 0 Å². The zero-order valence-electron chi connectivity index (χ0n) is 12.2. The molecular weight excluding hydrogens is 248 g/mol. The Kier molecular flexibility index (Phi) is 3.51. The number of carbonyl (C=O) groups is 1. The Morgan fingerprint density at radius 2 is 2.15 bits per heavy atom. The minimum atomic E-state index is 0.141. The molecule has 1 aromatic carbocycles. The molecule has 0 bridgehead atoms. The van der Waals surface area contributed by atoms with E-state index in [1.807, 2.05) is 24.8 Å². The molecular formula is C17H22N2O. The van der Waals surface area contributed by atoms with Crippen molar-refractivity contribution in [1.29, 1.82) is 0 Å². The summed E-state index contributed by atoms with van der Waals surface area (Å²) in [7, 11) is 0. The first-order valence-electron chi connectivity index (χ1n) is 7.58. The van der Waals surface area contributed by atoms with Crippen LogP contribution in [0, 0.1) is 5.92 Å². The van der Waals surface area contributed by atoms with E-state index in [-0.39, 0.29) is 5.91 Å². The van der Waals surface area contributed by atoms with E-state index in [2.05, 4.69) is 29.6 Å². The number of nitrogens with zero attached hydrogens (tertiary/aromatic N) is 1. The number of carbonyl (C=O) groups excluding carboxylic acids is 1. The molecule has 2 aliphatic rings. The van der Waals surface area contributed by atoms with Crippen LogP contribution in [0.4, 0.5) is 5.69 Å². The van der Waals surface area contributed by atoms with Gasteiger partial charge in [-0.2, -0.15) is 0 Å². The summed E-state index contributed by atoms with van der Waals surface area (Å²) < 4.78 is 0. The number of amides is 1. The summed E-state index contributed by atoms with van der Waals surface area (Å²) in [5.74, 6) is 1.28. The molecule has 1 N–H and O–H groups in total. The quantitative estimate of drug-likeness (QED) is 0.855. The van der Waals surface area contributed by atoms with Crippen LogP contribution in [0.15, 0.2) is 30.4 Å². The van der Waals surface area contributed by atoms with Crippen molar-refractivity contribution >= 4 is 11.6 Å². The number of allylic oxidation sites excluding steroid dienone is 2. The minimum absolute atomic E-state index is 0.141. The highest BCUT2D eigenvalue weighted by Crippen LogP contribution is 2.41. The highest BCUT2D eigenvalue weighted by Gasteiger charge is 2.30. The summed E-state index contributed by atoms with van der Waals surface area (Å²) in [5.41, 5.74) is 3.29. The molecule has 2 unspecified atom stereocenters. The number of hydrogen-bond donors (Lipinski definition) is 1. The molecule has 20 heavy (non-hydrogen) atoms. The van der Waals surface area contributed by atoms with Gasteiger partial charge in [-0.05, 0) is 49.9 Å². The topological polar surface area (TPSA) is 32.3 Å². The van der Waals surface area contributed by atoms with Gasteiger partial charge in [0.15, 0.2) is 0 Å². The maximum Gasteiger partial charge on any atom is 0.253 e. The van der Waals surface area contributed by atoms with Crippen LogP contribution in [0.25, 0.3) is 0 Å². The second kappa shape index (κ2) is 5.31. The number of hydrogen-bond acceptors (Lipinski definition) is 2. The van der Waals surface area contributed by atoms with Gasteiger partial charge < -0.3 is 10.2 Å². The minimum Gasteiger partial charge on any atom is -0.384 e. The highest BCUT2D eigenvalue weighted by atomic mass is 16.2. The standard InChI is InChI=1S/C17H22N2O/c1-3-19(4-2)17(20)12-8-9-16-15(10-12)14-7-5-6-13(14)11-18-16/h5,7-10,13-14,18H,3-4,6,11H2,1-2H3. The van der Waals surface area contributed by atoms with Crippen molar-refractivity contribution in [2.75, 3.05) is 25.0 Å². The Morgan fingerprint density at radius 1 is 1.35 bits per heavy atom. The third-order valence-corrected chi connectivity index (χ3v) is 4.55. The van der Waals surface area contributed by atoms with Crippen molar-refractivity contribution in [1.82, 2.24) is 4.90 Å². The van der Waals surface area contributed by atoms with E-state index in [0.29, 0.717) is 11.8 Å². The molecule has 2 atom stereocenters. The maximum absolute atomic E-state index is 12.5. The van der Waals surface area contributed by atoms with Crippen molar-refractivity contribution in [3.63, 3.8) is 0 Å². The summed E-state index contributed by atoms with van der Waals surface area (Å²) >= 11 is 0. The number of anilines is 1. The van der Waals surface area contributed by atoms with Gasteiger partial charge in [0.25, 0.3) is 5.91 Å². The second-order valence-electron chi connectivity index (χ2n) is 5.61. The SMILES string of the molecule is CCN(CC)C(=O)c1ccc2c(c1)C1C=CCC1CN2. The lowest BCUT2D eigenvalue weighted by atomic mass is 9.84. The van der Waals surface area contributed by atoms with Crippen molar-refractivity contribution in [3.05, 3.63) is 41.5 Å². The number of rotatable bonds is 3. The fourth-order valence-corrected chi connectivity index (χ4v) is 3.34. The Labute approximate surface area is 120 Å². The fraction of sp³-hybridized carbons (Fsp3) is 0.471. The monoisotopic (exact) mass is 270 g/mol. The molecule has 0 saturated heterocycles. The van der Waals surface area contributed by atoms with E-state index >= 15 is 0 Å². The first-order chi connectivity index (χ1) is 9.74. The van der Waals surface area contributed by atoms with Crippen LogP contribution in [0.3, 0.4) is 0 Å². The highest BCUT2D eigenvalue weighted by molar-refractivity contribution is 5.95. The molecule has 0 aromatic heterocycles. The average Bonchev–Trinajstić information content (AvgIpc) is 2.96. The van der Waals surface area contributed by atoms with Gasteiger partial charge in [-0.3, -0.25) is 4.79 Å². The number of benzene rings is 1. The molecule has 3 heteroatoms.